The van der Waals surface area contributed by atoms with E-state index in [0.717, 1.165) is 35.4 Å². The first-order chi connectivity index (χ1) is 11.0. The number of hydrogen-bond donors (Lipinski definition) is 2. The van der Waals surface area contributed by atoms with E-state index in [-0.39, 0.29) is 12.1 Å². The number of urea groups is 1. The number of carbonyl (C=O) groups excluding carboxylic acids is 1. The second-order valence-electron chi connectivity index (χ2n) is 5.58. The molecule has 6 heteroatoms. The zero-order chi connectivity index (χ0) is 16.8. The summed E-state index contributed by atoms with van der Waals surface area (Å²) in [5.41, 5.74) is 3.02. The van der Waals surface area contributed by atoms with Gasteiger partial charge in [-0.2, -0.15) is 0 Å². The monoisotopic (exact) mass is 335 g/mol. The van der Waals surface area contributed by atoms with Crippen LogP contribution in [0.3, 0.4) is 0 Å². The minimum atomic E-state index is -0.184. The molecule has 0 bridgehead atoms. The van der Waals surface area contributed by atoms with Crippen molar-refractivity contribution >= 4 is 17.6 Å². The molecule has 124 valence electrons. The number of aryl methyl sites for hydroxylation is 2. The summed E-state index contributed by atoms with van der Waals surface area (Å²) in [4.78, 5) is 11.9. The van der Waals surface area contributed by atoms with Crippen LogP contribution in [0.1, 0.15) is 42.0 Å². The van der Waals surface area contributed by atoms with Crippen LogP contribution in [0.2, 0.25) is 5.02 Å². The lowest BCUT2D eigenvalue weighted by atomic mass is 10.1. The van der Waals surface area contributed by atoms with Crippen molar-refractivity contribution < 1.29 is 9.32 Å². The van der Waals surface area contributed by atoms with Gasteiger partial charge in [-0.15, -0.1) is 0 Å². The summed E-state index contributed by atoms with van der Waals surface area (Å²) in [6, 6.07) is 7.19. The van der Waals surface area contributed by atoms with Gasteiger partial charge < -0.3 is 15.2 Å². The number of amides is 2. The van der Waals surface area contributed by atoms with Crippen LogP contribution in [0.5, 0.6) is 0 Å². The van der Waals surface area contributed by atoms with Crippen molar-refractivity contribution in [2.24, 2.45) is 0 Å². The number of benzene rings is 1. The molecule has 5 nitrogen and oxygen atoms in total. The van der Waals surface area contributed by atoms with Gasteiger partial charge in [0.05, 0.1) is 11.7 Å². The van der Waals surface area contributed by atoms with E-state index in [1.807, 2.05) is 45.0 Å². The number of carbonyl (C=O) groups is 1. The molecule has 23 heavy (non-hydrogen) atoms. The second kappa shape index (κ2) is 8.02. The second-order valence-corrected chi connectivity index (χ2v) is 6.02. The smallest absolute Gasteiger partial charge is 0.315 e. The van der Waals surface area contributed by atoms with Crippen LogP contribution < -0.4 is 10.6 Å². The number of aromatic nitrogens is 1. The standard InChI is InChI=1S/C17H22ClN3O2/c1-11(14-6-4-7-15(18)10-14)20-17(22)19-9-5-8-16-12(2)21-23-13(16)3/h4,6-7,10-11H,5,8-9H2,1-3H3,(H2,19,20,22)/t11-/m1/s1. The molecular formula is C17H22ClN3O2. The Balaban J connectivity index is 1.73. The molecule has 0 radical (unpaired) electrons. The fourth-order valence-corrected chi connectivity index (χ4v) is 2.63. The summed E-state index contributed by atoms with van der Waals surface area (Å²) in [6.07, 6.45) is 1.67. The van der Waals surface area contributed by atoms with E-state index in [0.29, 0.717) is 11.6 Å². The van der Waals surface area contributed by atoms with Gasteiger partial charge in [0, 0.05) is 17.1 Å². The van der Waals surface area contributed by atoms with Crippen LogP contribution >= 0.6 is 11.6 Å². The van der Waals surface area contributed by atoms with Crippen molar-refractivity contribution in [2.45, 2.75) is 39.7 Å². The lowest BCUT2D eigenvalue weighted by Gasteiger charge is -2.15. The van der Waals surface area contributed by atoms with Gasteiger partial charge in [-0.25, -0.2) is 4.79 Å². The van der Waals surface area contributed by atoms with E-state index >= 15 is 0 Å². The van der Waals surface area contributed by atoms with E-state index in [1.165, 1.54) is 0 Å². The van der Waals surface area contributed by atoms with Gasteiger partial charge in [0.1, 0.15) is 5.76 Å². The van der Waals surface area contributed by atoms with Crippen molar-refractivity contribution in [1.82, 2.24) is 15.8 Å². The molecule has 0 saturated heterocycles. The van der Waals surface area contributed by atoms with Crippen molar-refractivity contribution in [3.05, 3.63) is 51.9 Å². The van der Waals surface area contributed by atoms with Crippen molar-refractivity contribution in [3.63, 3.8) is 0 Å². The lowest BCUT2D eigenvalue weighted by molar-refractivity contribution is 0.238. The summed E-state index contributed by atoms with van der Waals surface area (Å²) in [5.74, 6) is 0.849. The average molecular weight is 336 g/mol. The third-order valence-corrected chi connectivity index (χ3v) is 4.00. The minimum absolute atomic E-state index is 0.101. The molecule has 0 aliphatic rings. The first-order valence-electron chi connectivity index (χ1n) is 7.69. The molecule has 2 aromatic rings. The van der Waals surface area contributed by atoms with Gasteiger partial charge >= 0.3 is 6.03 Å². The molecular weight excluding hydrogens is 314 g/mol. The number of nitrogens with one attached hydrogen (secondary N) is 2. The highest BCUT2D eigenvalue weighted by Gasteiger charge is 2.11. The molecule has 1 atom stereocenters. The molecule has 1 heterocycles. The topological polar surface area (TPSA) is 67.2 Å². The number of hydrogen-bond acceptors (Lipinski definition) is 3. The summed E-state index contributed by atoms with van der Waals surface area (Å²) in [6.45, 7) is 6.36. The highest BCUT2D eigenvalue weighted by atomic mass is 35.5. The van der Waals surface area contributed by atoms with Crippen LogP contribution in [0, 0.1) is 13.8 Å². The van der Waals surface area contributed by atoms with E-state index < -0.39 is 0 Å². The van der Waals surface area contributed by atoms with Crippen LogP contribution in [0.15, 0.2) is 28.8 Å². The molecule has 0 unspecified atom stereocenters. The van der Waals surface area contributed by atoms with Crippen LogP contribution in [0.4, 0.5) is 4.79 Å². The Morgan fingerprint density at radius 1 is 1.39 bits per heavy atom. The van der Waals surface area contributed by atoms with Gasteiger partial charge in [0.2, 0.25) is 0 Å². The van der Waals surface area contributed by atoms with Gasteiger partial charge in [-0.3, -0.25) is 0 Å². The quantitative estimate of drug-likeness (QED) is 0.786. The molecule has 0 aliphatic carbocycles. The Morgan fingerprint density at radius 3 is 2.83 bits per heavy atom. The zero-order valence-corrected chi connectivity index (χ0v) is 14.4. The molecule has 1 aromatic carbocycles. The van der Waals surface area contributed by atoms with Crippen molar-refractivity contribution in [2.75, 3.05) is 6.54 Å². The number of nitrogens with zero attached hydrogens (tertiary/aromatic N) is 1. The van der Waals surface area contributed by atoms with Gasteiger partial charge in [-0.1, -0.05) is 28.9 Å². The molecule has 0 saturated carbocycles. The largest absolute Gasteiger partial charge is 0.361 e. The lowest BCUT2D eigenvalue weighted by Crippen LogP contribution is -2.37. The Morgan fingerprint density at radius 2 is 2.17 bits per heavy atom. The Labute approximate surface area is 141 Å². The SMILES string of the molecule is Cc1noc(C)c1CCCNC(=O)N[C@H](C)c1cccc(Cl)c1. The molecule has 2 N–H and O–H groups in total. The molecule has 2 amide bonds. The third kappa shape index (κ3) is 4.99. The summed E-state index contributed by atoms with van der Waals surface area (Å²) < 4.78 is 5.12. The Hall–Kier alpha value is -2.01. The first kappa shape index (κ1) is 17.3. The molecule has 2 rings (SSSR count). The van der Waals surface area contributed by atoms with E-state index in [9.17, 15) is 4.79 Å². The van der Waals surface area contributed by atoms with E-state index in [1.54, 1.807) is 0 Å². The van der Waals surface area contributed by atoms with Gasteiger partial charge in [0.25, 0.3) is 0 Å². The predicted octanol–water partition coefficient (Wildman–Crippen LogP) is 3.94. The minimum Gasteiger partial charge on any atom is -0.361 e. The Bertz CT molecular complexity index is 650. The normalized spacial score (nSPS) is 12.0. The predicted molar refractivity (Wildman–Crippen MR) is 90.7 cm³/mol. The molecule has 1 aromatic heterocycles. The Kier molecular flexibility index (Phi) is 6.04. The number of rotatable bonds is 6. The molecule has 0 aliphatic heterocycles. The average Bonchev–Trinajstić information content (AvgIpc) is 2.83. The van der Waals surface area contributed by atoms with Crippen LogP contribution in [-0.4, -0.2) is 17.7 Å². The number of halogens is 1. The van der Waals surface area contributed by atoms with Crippen LogP contribution in [0.25, 0.3) is 0 Å². The summed E-state index contributed by atoms with van der Waals surface area (Å²) in [5, 5.41) is 10.4. The van der Waals surface area contributed by atoms with Crippen molar-refractivity contribution in [1.29, 1.82) is 0 Å². The first-order valence-corrected chi connectivity index (χ1v) is 8.06. The highest BCUT2D eigenvalue weighted by molar-refractivity contribution is 6.30. The van der Waals surface area contributed by atoms with Gasteiger partial charge in [-0.05, 0) is 51.3 Å². The van der Waals surface area contributed by atoms with E-state index in [4.69, 9.17) is 16.1 Å². The maximum Gasteiger partial charge on any atom is 0.315 e. The highest BCUT2D eigenvalue weighted by Crippen LogP contribution is 2.17. The maximum atomic E-state index is 11.9. The maximum absolute atomic E-state index is 11.9. The molecule has 0 spiro atoms. The van der Waals surface area contributed by atoms with Crippen molar-refractivity contribution in [3.8, 4) is 0 Å². The van der Waals surface area contributed by atoms with E-state index in [2.05, 4.69) is 15.8 Å². The van der Waals surface area contributed by atoms with Gasteiger partial charge in [0.15, 0.2) is 0 Å². The summed E-state index contributed by atoms with van der Waals surface area (Å²) >= 11 is 5.96. The zero-order valence-electron chi connectivity index (χ0n) is 13.6. The summed E-state index contributed by atoms with van der Waals surface area (Å²) in [7, 11) is 0. The van der Waals surface area contributed by atoms with Crippen LogP contribution in [-0.2, 0) is 6.42 Å². The third-order valence-electron chi connectivity index (χ3n) is 3.77. The molecule has 0 fully saturated rings. The fourth-order valence-electron chi connectivity index (χ4n) is 2.43. The fraction of sp³-hybridized carbons (Fsp3) is 0.412.